The lowest BCUT2D eigenvalue weighted by Gasteiger charge is -2.16. The Labute approximate surface area is 116 Å². The summed E-state index contributed by atoms with van der Waals surface area (Å²) in [6.45, 7) is 1.16. The van der Waals surface area contributed by atoms with E-state index >= 15 is 0 Å². The van der Waals surface area contributed by atoms with E-state index in [1.165, 1.54) is 24.4 Å². The van der Waals surface area contributed by atoms with Gasteiger partial charge in [0.15, 0.2) is 0 Å². The first kappa shape index (κ1) is 14.1. The molecule has 1 aromatic carbocycles. The highest BCUT2D eigenvalue weighted by Gasteiger charge is 2.06. The van der Waals surface area contributed by atoms with Gasteiger partial charge in [0.2, 0.25) is 0 Å². The third-order valence-electron chi connectivity index (χ3n) is 2.85. The average Bonchev–Trinajstić information content (AvgIpc) is 2.39. The van der Waals surface area contributed by atoms with Gasteiger partial charge in [0, 0.05) is 19.3 Å². The standard InChI is InChI=1S/C15H15FN2O2/c1-18(9-11-3-2-4-13(16)7-11)10-14-6-5-12(8-17-14)15(19)20/h2-8H,9-10H2,1H3,(H,19,20). The number of aromatic nitrogens is 1. The number of benzene rings is 1. The zero-order valence-corrected chi connectivity index (χ0v) is 11.1. The van der Waals surface area contributed by atoms with Crippen molar-refractivity contribution < 1.29 is 14.3 Å². The van der Waals surface area contributed by atoms with E-state index in [-0.39, 0.29) is 11.4 Å². The second kappa shape index (κ2) is 6.25. The number of carbonyl (C=O) groups is 1. The number of hydrogen-bond acceptors (Lipinski definition) is 3. The van der Waals surface area contributed by atoms with Gasteiger partial charge in [-0.3, -0.25) is 9.88 Å². The highest BCUT2D eigenvalue weighted by molar-refractivity contribution is 5.87. The molecule has 0 fully saturated rings. The predicted octanol–water partition coefficient (Wildman–Crippen LogP) is 2.55. The van der Waals surface area contributed by atoms with Gasteiger partial charge < -0.3 is 5.11 Å². The van der Waals surface area contributed by atoms with Gasteiger partial charge in [-0.25, -0.2) is 9.18 Å². The Bertz CT molecular complexity index is 599. The molecule has 2 aromatic rings. The SMILES string of the molecule is CN(Cc1cccc(F)c1)Cc1ccc(C(=O)O)cn1. The maximum Gasteiger partial charge on any atom is 0.337 e. The van der Waals surface area contributed by atoms with Crippen molar-refractivity contribution in [3.05, 3.63) is 65.2 Å². The summed E-state index contributed by atoms with van der Waals surface area (Å²) in [6, 6.07) is 9.66. The Kier molecular flexibility index (Phi) is 4.42. The van der Waals surface area contributed by atoms with Crippen molar-refractivity contribution in [3.63, 3.8) is 0 Å². The van der Waals surface area contributed by atoms with Crippen molar-refractivity contribution in [3.8, 4) is 0 Å². The Hall–Kier alpha value is -2.27. The molecule has 2 rings (SSSR count). The molecule has 5 heteroatoms. The van der Waals surface area contributed by atoms with Gasteiger partial charge in [-0.1, -0.05) is 12.1 Å². The molecule has 1 N–H and O–H groups in total. The van der Waals surface area contributed by atoms with E-state index in [1.807, 2.05) is 18.0 Å². The van der Waals surface area contributed by atoms with E-state index in [0.29, 0.717) is 13.1 Å². The van der Waals surface area contributed by atoms with E-state index in [2.05, 4.69) is 4.98 Å². The lowest BCUT2D eigenvalue weighted by Crippen LogP contribution is -2.18. The average molecular weight is 274 g/mol. The van der Waals surface area contributed by atoms with E-state index in [4.69, 9.17) is 5.11 Å². The minimum absolute atomic E-state index is 0.168. The molecule has 104 valence electrons. The van der Waals surface area contributed by atoms with E-state index in [0.717, 1.165) is 11.3 Å². The molecule has 1 aromatic heterocycles. The highest BCUT2D eigenvalue weighted by atomic mass is 19.1. The molecular formula is C15H15FN2O2. The van der Waals surface area contributed by atoms with Crippen LogP contribution in [0, 0.1) is 5.82 Å². The van der Waals surface area contributed by atoms with Crippen molar-refractivity contribution >= 4 is 5.97 Å². The number of rotatable bonds is 5. The Morgan fingerprint density at radius 1 is 1.30 bits per heavy atom. The Morgan fingerprint density at radius 3 is 2.70 bits per heavy atom. The van der Waals surface area contributed by atoms with Crippen LogP contribution in [0.25, 0.3) is 0 Å². The van der Waals surface area contributed by atoms with Crippen LogP contribution in [0.1, 0.15) is 21.6 Å². The van der Waals surface area contributed by atoms with Crippen molar-refractivity contribution in [1.82, 2.24) is 9.88 Å². The minimum Gasteiger partial charge on any atom is -0.478 e. The number of aromatic carboxylic acids is 1. The molecule has 0 saturated carbocycles. The number of pyridine rings is 1. The first-order valence-electron chi connectivity index (χ1n) is 6.16. The fourth-order valence-electron chi connectivity index (χ4n) is 1.92. The van der Waals surface area contributed by atoms with Crippen LogP contribution >= 0.6 is 0 Å². The van der Waals surface area contributed by atoms with E-state index < -0.39 is 5.97 Å². The zero-order valence-electron chi connectivity index (χ0n) is 11.1. The second-order valence-electron chi connectivity index (χ2n) is 4.65. The normalized spacial score (nSPS) is 10.8. The van der Waals surface area contributed by atoms with Crippen LogP contribution in [0.5, 0.6) is 0 Å². The summed E-state index contributed by atoms with van der Waals surface area (Å²) in [7, 11) is 1.90. The topological polar surface area (TPSA) is 53.4 Å². The van der Waals surface area contributed by atoms with Crippen LogP contribution in [0.2, 0.25) is 0 Å². The van der Waals surface area contributed by atoms with Crippen molar-refractivity contribution in [2.45, 2.75) is 13.1 Å². The minimum atomic E-state index is -0.989. The smallest absolute Gasteiger partial charge is 0.337 e. The zero-order chi connectivity index (χ0) is 14.5. The van der Waals surface area contributed by atoms with Crippen LogP contribution in [0.4, 0.5) is 4.39 Å². The van der Waals surface area contributed by atoms with Crippen molar-refractivity contribution in [2.24, 2.45) is 0 Å². The summed E-state index contributed by atoms with van der Waals surface area (Å²) < 4.78 is 13.1. The quantitative estimate of drug-likeness (QED) is 0.910. The molecule has 0 aliphatic rings. The molecule has 0 unspecified atom stereocenters. The van der Waals surface area contributed by atoms with Gasteiger partial charge in [-0.2, -0.15) is 0 Å². The van der Waals surface area contributed by atoms with Gasteiger partial charge in [0.05, 0.1) is 11.3 Å². The molecule has 0 spiro atoms. The molecule has 0 amide bonds. The molecule has 0 atom stereocenters. The summed E-state index contributed by atoms with van der Waals surface area (Å²) in [6.07, 6.45) is 1.34. The second-order valence-corrected chi connectivity index (χ2v) is 4.65. The first-order chi connectivity index (χ1) is 9.54. The molecule has 0 radical (unpaired) electrons. The van der Waals surface area contributed by atoms with Gasteiger partial charge in [-0.15, -0.1) is 0 Å². The number of hydrogen-bond donors (Lipinski definition) is 1. The molecule has 0 aliphatic carbocycles. The highest BCUT2D eigenvalue weighted by Crippen LogP contribution is 2.09. The molecule has 1 heterocycles. The van der Waals surface area contributed by atoms with Gasteiger partial charge in [0.1, 0.15) is 5.82 Å². The van der Waals surface area contributed by atoms with E-state index in [1.54, 1.807) is 12.1 Å². The maximum atomic E-state index is 13.1. The largest absolute Gasteiger partial charge is 0.478 e. The van der Waals surface area contributed by atoms with Crippen LogP contribution < -0.4 is 0 Å². The Morgan fingerprint density at radius 2 is 2.10 bits per heavy atom. The van der Waals surface area contributed by atoms with Crippen LogP contribution in [-0.4, -0.2) is 28.0 Å². The van der Waals surface area contributed by atoms with Crippen LogP contribution in [-0.2, 0) is 13.1 Å². The Balaban J connectivity index is 1.97. The monoisotopic (exact) mass is 274 g/mol. The molecular weight excluding hydrogens is 259 g/mol. The number of nitrogens with zero attached hydrogens (tertiary/aromatic N) is 2. The van der Waals surface area contributed by atoms with Gasteiger partial charge >= 0.3 is 5.97 Å². The molecule has 0 aliphatic heterocycles. The lowest BCUT2D eigenvalue weighted by molar-refractivity contribution is 0.0696. The summed E-state index contributed by atoms with van der Waals surface area (Å²) in [5, 5.41) is 8.79. The lowest BCUT2D eigenvalue weighted by atomic mass is 10.2. The first-order valence-corrected chi connectivity index (χ1v) is 6.16. The number of carboxylic acid groups (broad SMARTS) is 1. The van der Waals surface area contributed by atoms with Crippen LogP contribution in [0.15, 0.2) is 42.6 Å². The van der Waals surface area contributed by atoms with Gasteiger partial charge in [0.25, 0.3) is 0 Å². The molecule has 0 saturated heterocycles. The number of halogens is 1. The fourth-order valence-corrected chi connectivity index (χ4v) is 1.92. The van der Waals surface area contributed by atoms with Crippen molar-refractivity contribution in [2.75, 3.05) is 7.05 Å². The van der Waals surface area contributed by atoms with Crippen molar-refractivity contribution in [1.29, 1.82) is 0 Å². The molecule has 0 bridgehead atoms. The fraction of sp³-hybridized carbons (Fsp3) is 0.200. The maximum absolute atomic E-state index is 13.1. The summed E-state index contributed by atoms with van der Waals surface area (Å²) in [4.78, 5) is 16.8. The predicted molar refractivity (Wildman–Crippen MR) is 72.8 cm³/mol. The molecule has 20 heavy (non-hydrogen) atoms. The third kappa shape index (κ3) is 3.86. The summed E-state index contributed by atoms with van der Waals surface area (Å²) >= 11 is 0. The van der Waals surface area contributed by atoms with Crippen LogP contribution in [0.3, 0.4) is 0 Å². The molecule has 4 nitrogen and oxygen atoms in total. The third-order valence-corrected chi connectivity index (χ3v) is 2.85. The summed E-state index contributed by atoms with van der Waals surface area (Å²) in [5.41, 5.74) is 1.82. The number of carboxylic acids is 1. The van der Waals surface area contributed by atoms with Gasteiger partial charge in [-0.05, 0) is 36.9 Å². The van der Waals surface area contributed by atoms with E-state index in [9.17, 15) is 9.18 Å². The summed E-state index contributed by atoms with van der Waals surface area (Å²) in [5.74, 6) is -1.24.